The van der Waals surface area contributed by atoms with Crippen LogP contribution < -0.4 is 5.32 Å². The molecule has 0 fully saturated rings. The van der Waals surface area contributed by atoms with Crippen LogP contribution >= 0.6 is 0 Å². The first-order valence-electron chi connectivity index (χ1n) is 11.5. The van der Waals surface area contributed by atoms with Crippen LogP contribution in [0.3, 0.4) is 0 Å². The molecule has 0 aliphatic heterocycles. The Morgan fingerprint density at radius 2 is 1.37 bits per heavy atom. The third-order valence-corrected chi connectivity index (χ3v) is 5.83. The Kier molecular flexibility index (Phi) is 7.75. The maximum atomic E-state index is 13.0. The number of carboxylic acids is 1. The molecule has 0 saturated carbocycles. The summed E-state index contributed by atoms with van der Waals surface area (Å²) in [6.07, 6.45) is 0.00918. The van der Waals surface area contributed by atoms with E-state index in [2.05, 4.69) is 5.32 Å². The second kappa shape index (κ2) is 11.3. The lowest BCUT2D eigenvalue weighted by molar-refractivity contribution is -0.140. The lowest BCUT2D eigenvalue weighted by Crippen LogP contribution is -2.42. The maximum Gasteiger partial charge on any atom is 0.304 e. The van der Waals surface area contributed by atoms with Crippen LogP contribution in [0.1, 0.15) is 23.7 Å². The van der Waals surface area contributed by atoms with E-state index < -0.39 is 30.3 Å². The van der Waals surface area contributed by atoms with Gasteiger partial charge in [-0.15, -0.1) is 0 Å². The van der Waals surface area contributed by atoms with E-state index in [0.717, 1.165) is 22.3 Å². The van der Waals surface area contributed by atoms with Crippen molar-refractivity contribution >= 4 is 11.9 Å². The number of hydrogen-bond acceptors (Lipinski definition) is 4. The van der Waals surface area contributed by atoms with Gasteiger partial charge in [0.25, 0.3) is 0 Å². The molecule has 0 radical (unpaired) electrons. The summed E-state index contributed by atoms with van der Waals surface area (Å²) in [4.78, 5) is 24.6. The van der Waals surface area contributed by atoms with Crippen LogP contribution in [0.15, 0.2) is 101 Å². The number of rotatable bonds is 10. The van der Waals surface area contributed by atoms with Crippen molar-refractivity contribution in [2.45, 2.75) is 24.8 Å². The Hall–Kier alpha value is -4.16. The van der Waals surface area contributed by atoms with Gasteiger partial charge in [-0.1, -0.05) is 84.9 Å². The molecule has 0 aliphatic carbocycles. The van der Waals surface area contributed by atoms with E-state index in [0.29, 0.717) is 12.2 Å². The molecule has 1 amide bonds. The zero-order valence-corrected chi connectivity index (χ0v) is 19.1. The van der Waals surface area contributed by atoms with Crippen molar-refractivity contribution in [3.63, 3.8) is 0 Å². The summed E-state index contributed by atoms with van der Waals surface area (Å²) in [6.45, 7) is -0.266. The molecule has 0 bridgehead atoms. The van der Waals surface area contributed by atoms with Gasteiger partial charge in [-0.2, -0.15) is 0 Å². The first-order chi connectivity index (χ1) is 17.0. The lowest BCUT2D eigenvalue weighted by Gasteiger charge is -2.20. The van der Waals surface area contributed by atoms with Gasteiger partial charge in [0.1, 0.15) is 17.4 Å². The minimum absolute atomic E-state index is 0.266. The summed E-state index contributed by atoms with van der Waals surface area (Å²) >= 11 is 0. The third-order valence-electron chi connectivity index (χ3n) is 5.83. The maximum absolute atomic E-state index is 13.0. The van der Waals surface area contributed by atoms with E-state index in [9.17, 15) is 19.8 Å². The topological polar surface area (TPSA) is 99.8 Å². The molecule has 0 saturated heterocycles. The fraction of sp³-hybridized carbons (Fsp3) is 0.172. The third kappa shape index (κ3) is 6.25. The van der Waals surface area contributed by atoms with Gasteiger partial charge in [0, 0.05) is 5.56 Å². The predicted molar refractivity (Wildman–Crippen MR) is 134 cm³/mol. The Balaban J connectivity index is 1.50. The number of furan rings is 1. The minimum Gasteiger partial charge on any atom is -0.481 e. The number of carboxylic acid groups (broad SMARTS) is 1. The van der Waals surface area contributed by atoms with Crippen LogP contribution in [-0.2, 0) is 16.0 Å². The van der Waals surface area contributed by atoms with Crippen molar-refractivity contribution in [1.29, 1.82) is 0 Å². The van der Waals surface area contributed by atoms with Crippen LogP contribution in [-0.4, -0.2) is 34.7 Å². The van der Waals surface area contributed by atoms with Crippen LogP contribution in [0.2, 0.25) is 0 Å². The van der Waals surface area contributed by atoms with Crippen LogP contribution in [0.25, 0.3) is 22.5 Å². The average Bonchev–Trinajstić information content (AvgIpc) is 3.38. The number of nitrogens with one attached hydrogen (secondary N) is 1. The SMILES string of the molecule is O=C(O)C[C@H](C(=O)N[C@H](CO)Cc1ccccc1)c1ccc(-c2ccc(-c3ccccc3)cc2)o1. The molecular formula is C29H27NO5. The van der Waals surface area contributed by atoms with Crippen molar-refractivity contribution in [3.8, 4) is 22.5 Å². The van der Waals surface area contributed by atoms with Gasteiger partial charge < -0.3 is 19.9 Å². The summed E-state index contributed by atoms with van der Waals surface area (Å²) < 4.78 is 5.95. The van der Waals surface area contributed by atoms with E-state index in [4.69, 9.17) is 4.42 Å². The molecule has 0 aliphatic rings. The highest BCUT2D eigenvalue weighted by atomic mass is 16.4. The average molecular weight is 470 g/mol. The monoisotopic (exact) mass is 469 g/mol. The Labute approximate surface area is 203 Å². The lowest BCUT2D eigenvalue weighted by atomic mass is 10.00. The number of benzene rings is 3. The van der Waals surface area contributed by atoms with Crippen molar-refractivity contribution in [1.82, 2.24) is 5.32 Å². The number of hydrogen-bond donors (Lipinski definition) is 3. The van der Waals surface area contributed by atoms with Crippen molar-refractivity contribution in [2.24, 2.45) is 0 Å². The molecule has 1 heterocycles. The standard InChI is InChI=1S/C29H27NO5/c31-19-24(17-20-7-3-1-4-8-20)30-29(34)25(18-28(32)33)27-16-15-26(35-27)23-13-11-22(12-14-23)21-9-5-2-6-10-21/h1-16,24-25,31H,17-19H2,(H,30,34)(H,32,33)/t24-,25-/m0/s1. The van der Waals surface area contributed by atoms with Gasteiger partial charge in [-0.3, -0.25) is 9.59 Å². The molecule has 0 spiro atoms. The second-order valence-electron chi connectivity index (χ2n) is 8.37. The van der Waals surface area contributed by atoms with Gasteiger partial charge in [0.05, 0.1) is 19.1 Å². The fourth-order valence-corrected chi connectivity index (χ4v) is 4.01. The zero-order valence-electron chi connectivity index (χ0n) is 19.1. The van der Waals surface area contributed by atoms with Crippen molar-refractivity contribution in [3.05, 3.63) is 108 Å². The van der Waals surface area contributed by atoms with E-state index >= 15 is 0 Å². The van der Waals surface area contributed by atoms with Gasteiger partial charge >= 0.3 is 5.97 Å². The smallest absolute Gasteiger partial charge is 0.304 e. The Morgan fingerprint density at radius 1 is 0.771 bits per heavy atom. The minimum atomic E-state index is -1.11. The van der Waals surface area contributed by atoms with Crippen LogP contribution in [0.4, 0.5) is 0 Å². The quantitative estimate of drug-likeness (QED) is 0.307. The molecule has 4 aromatic rings. The predicted octanol–water partition coefficient (Wildman–Crippen LogP) is 4.89. The van der Waals surface area contributed by atoms with Crippen LogP contribution in [0.5, 0.6) is 0 Å². The van der Waals surface area contributed by atoms with E-state index in [1.54, 1.807) is 12.1 Å². The van der Waals surface area contributed by atoms with Crippen molar-refractivity contribution < 1.29 is 24.2 Å². The number of amides is 1. The number of aliphatic carboxylic acids is 1. The molecule has 6 heteroatoms. The van der Waals surface area contributed by atoms with Gasteiger partial charge in [-0.05, 0) is 35.2 Å². The number of carbonyl (C=O) groups is 2. The van der Waals surface area contributed by atoms with Gasteiger partial charge in [-0.25, -0.2) is 0 Å². The van der Waals surface area contributed by atoms with Gasteiger partial charge in [0.2, 0.25) is 5.91 Å². The number of aliphatic hydroxyl groups is 1. The molecule has 1 aromatic heterocycles. The highest BCUT2D eigenvalue weighted by molar-refractivity contribution is 5.87. The first kappa shape index (κ1) is 24.0. The molecule has 3 N–H and O–H groups in total. The molecule has 4 rings (SSSR count). The molecule has 2 atom stereocenters. The highest BCUT2D eigenvalue weighted by Gasteiger charge is 2.28. The number of carbonyl (C=O) groups excluding carboxylic acids is 1. The molecule has 35 heavy (non-hydrogen) atoms. The Bertz CT molecular complexity index is 1250. The summed E-state index contributed by atoms with van der Waals surface area (Å²) in [6, 6.07) is 30.2. The normalized spacial score (nSPS) is 12.6. The van der Waals surface area contributed by atoms with E-state index in [1.807, 2.05) is 84.9 Å². The summed E-state index contributed by atoms with van der Waals surface area (Å²) in [7, 11) is 0. The van der Waals surface area contributed by atoms with Gasteiger partial charge in [0.15, 0.2) is 0 Å². The number of aliphatic hydroxyl groups excluding tert-OH is 1. The first-order valence-corrected chi connectivity index (χ1v) is 11.5. The summed E-state index contributed by atoms with van der Waals surface area (Å²) in [5.41, 5.74) is 3.95. The highest BCUT2D eigenvalue weighted by Crippen LogP contribution is 2.30. The fourth-order valence-electron chi connectivity index (χ4n) is 4.01. The van der Waals surface area contributed by atoms with Crippen molar-refractivity contribution in [2.75, 3.05) is 6.61 Å². The molecule has 3 aromatic carbocycles. The second-order valence-corrected chi connectivity index (χ2v) is 8.37. The van der Waals surface area contributed by atoms with Crippen LogP contribution in [0, 0.1) is 0 Å². The Morgan fingerprint density at radius 3 is 2.00 bits per heavy atom. The molecule has 178 valence electrons. The molecule has 0 unspecified atom stereocenters. The summed E-state index contributed by atoms with van der Waals surface area (Å²) in [5, 5.41) is 22.0. The zero-order chi connectivity index (χ0) is 24.6. The largest absolute Gasteiger partial charge is 0.481 e. The van der Waals surface area contributed by atoms with E-state index in [1.165, 1.54) is 0 Å². The van der Waals surface area contributed by atoms with E-state index in [-0.39, 0.29) is 12.4 Å². The molecular weight excluding hydrogens is 442 g/mol. The summed E-state index contributed by atoms with van der Waals surface area (Å²) in [5.74, 6) is -1.81. The molecule has 6 nitrogen and oxygen atoms in total.